The zero-order valence-electron chi connectivity index (χ0n) is 15.8. The topological polar surface area (TPSA) is 217 Å². The minimum absolute atomic E-state index is 0.0455. The van der Waals surface area contributed by atoms with Gasteiger partial charge in [0, 0.05) is 7.05 Å². The largest absolute Gasteiger partial charge is 0.384 e. The number of fused-ring (bicyclic) bond motifs is 3. The number of nitrogens with one attached hydrogen (secondary N) is 2. The first-order valence-corrected chi connectivity index (χ1v) is 8.45. The Morgan fingerprint density at radius 1 is 1.03 bits per heavy atom. The van der Waals surface area contributed by atoms with E-state index in [0.29, 0.717) is 0 Å². The van der Waals surface area contributed by atoms with Crippen molar-refractivity contribution in [1.29, 1.82) is 31.6 Å². The predicted octanol–water partition coefficient (Wildman–Crippen LogP) is 1.84. The average molecular weight is 404 g/mol. The molecule has 0 fully saturated rings. The molecule has 0 spiro atoms. The number of hydrogen-bond acceptors (Lipinski definition) is 12. The standard InChI is InChI=1S/C19H8N12/c1-26-14-15(27-9(4-21)2-3-20)17-19(31-13(8-25)12(7-24)29-17)18-16(14)28-10(5-22)11(6-23)30-18/h11,26,30H,2H2,1H3/b27-9+. The summed E-state index contributed by atoms with van der Waals surface area (Å²) in [5.41, 5.74) is -0.00269. The van der Waals surface area contributed by atoms with Crippen LogP contribution >= 0.6 is 0 Å². The molecule has 2 heterocycles. The fourth-order valence-electron chi connectivity index (χ4n) is 2.89. The van der Waals surface area contributed by atoms with Crippen molar-refractivity contribution in [3.8, 4) is 36.4 Å². The fraction of sp³-hybridized carbons (Fsp3) is 0.158. The Balaban J connectivity index is 2.58. The number of hydrogen-bond donors (Lipinski definition) is 2. The van der Waals surface area contributed by atoms with Crippen LogP contribution in [0.5, 0.6) is 0 Å². The lowest BCUT2D eigenvalue weighted by Crippen LogP contribution is -2.30. The Bertz CT molecular complexity index is 1440. The Kier molecular flexibility index (Phi) is 5.35. The Hall–Kier alpha value is -5.56. The van der Waals surface area contributed by atoms with Crippen LogP contribution in [0.4, 0.5) is 22.7 Å². The summed E-state index contributed by atoms with van der Waals surface area (Å²) < 4.78 is 0. The Labute approximate surface area is 175 Å². The van der Waals surface area contributed by atoms with E-state index in [2.05, 4.69) is 30.6 Å². The van der Waals surface area contributed by atoms with Gasteiger partial charge in [0.15, 0.2) is 23.1 Å². The van der Waals surface area contributed by atoms with Gasteiger partial charge in [-0.05, 0) is 0 Å². The number of nitriles is 6. The lowest BCUT2D eigenvalue weighted by atomic mass is 10.0. The van der Waals surface area contributed by atoms with Crippen LogP contribution in [-0.2, 0) is 0 Å². The van der Waals surface area contributed by atoms with Gasteiger partial charge in [-0.15, -0.1) is 0 Å². The highest BCUT2D eigenvalue weighted by Crippen LogP contribution is 2.48. The molecule has 0 saturated carbocycles. The van der Waals surface area contributed by atoms with E-state index in [4.69, 9.17) is 5.26 Å². The number of rotatable bonds is 3. The maximum absolute atomic E-state index is 9.38. The van der Waals surface area contributed by atoms with Gasteiger partial charge >= 0.3 is 0 Å². The average Bonchev–Trinajstić information content (AvgIpc) is 2.81. The van der Waals surface area contributed by atoms with Crippen LogP contribution in [0.15, 0.2) is 9.98 Å². The lowest BCUT2D eigenvalue weighted by Gasteiger charge is -2.23. The molecular weight excluding hydrogens is 396 g/mol. The number of aliphatic imine (C=N–C) groups is 2. The maximum atomic E-state index is 9.38. The Morgan fingerprint density at radius 2 is 1.71 bits per heavy atom. The molecule has 31 heavy (non-hydrogen) atoms. The third-order valence-corrected chi connectivity index (χ3v) is 4.19. The van der Waals surface area contributed by atoms with Crippen molar-refractivity contribution < 1.29 is 0 Å². The molecule has 2 aromatic rings. The lowest BCUT2D eigenvalue weighted by molar-refractivity contribution is 1.13. The number of aromatic nitrogens is 2. The summed E-state index contributed by atoms with van der Waals surface area (Å²) in [6.45, 7) is 0. The first kappa shape index (κ1) is 20.2. The fourth-order valence-corrected chi connectivity index (χ4v) is 2.89. The van der Waals surface area contributed by atoms with Crippen molar-refractivity contribution in [2.24, 2.45) is 9.98 Å². The highest BCUT2D eigenvalue weighted by atomic mass is 15.1. The molecule has 0 aliphatic carbocycles. The molecule has 1 aromatic heterocycles. The van der Waals surface area contributed by atoms with Gasteiger partial charge in [-0.3, -0.25) is 0 Å². The molecule has 1 aliphatic rings. The summed E-state index contributed by atoms with van der Waals surface area (Å²) in [6, 6.07) is 9.92. The number of anilines is 2. The summed E-state index contributed by atoms with van der Waals surface area (Å²) in [5, 5.41) is 61.5. The van der Waals surface area contributed by atoms with Crippen molar-refractivity contribution in [3.05, 3.63) is 11.4 Å². The second-order valence-corrected chi connectivity index (χ2v) is 5.86. The quantitative estimate of drug-likeness (QED) is 0.707. The zero-order valence-corrected chi connectivity index (χ0v) is 15.8. The van der Waals surface area contributed by atoms with Crippen LogP contribution in [0.3, 0.4) is 0 Å². The molecule has 1 unspecified atom stereocenters. The summed E-state index contributed by atoms with van der Waals surface area (Å²) in [6.07, 6.45) is -0.283. The van der Waals surface area contributed by atoms with Crippen molar-refractivity contribution in [1.82, 2.24) is 9.97 Å². The van der Waals surface area contributed by atoms with Gasteiger partial charge in [0.1, 0.15) is 52.4 Å². The first-order valence-electron chi connectivity index (χ1n) is 8.45. The minimum Gasteiger partial charge on any atom is -0.384 e. The van der Waals surface area contributed by atoms with Gasteiger partial charge in [0.25, 0.3) is 0 Å². The molecule has 12 nitrogen and oxygen atoms in total. The third kappa shape index (κ3) is 3.26. The van der Waals surface area contributed by atoms with E-state index in [-0.39, 0.29) is 63.0 Å². The van der Waals surface area contributed by atoms with Crippen LogP contribution in [0.2, 0.25) is 0 Å². The monoisotopic (exact) mass is 404 g/mol. The molecule has 1 aromatic carbocycles. The summed E-state index contributed by atoms with van der Waals surface area (Å²) in [4.78, 5) is 16.9. The number of benzene rings is 1. The van der Waals surface area contributed by atoms with E-state index in [9.17, 15) is 26.3 Å². The van der Waals surface area contributed by atoms with Crippen molar-refractivity contribution in [2.75, 3.05) is 17.7 Å². The van der Waals surface area contributed by atoms with Gasteiger partial charge in [0.05, 0.1) is 29.9 Å². The van der Waals surface area contributed by atoms with E-state index in [0.717, 1.165) is 0 Å². The predicted molar refractivity (Wildman–Crippen MR) is 107 cm³/mol. The molecule has 1 aliphatic heterocycles. The zero-order chi connectivity index (χ0) is 22.5. The summed E-state index contributed by atoms with van der Waals surface area (Å²) >= 11 is 0. The van der Waals surface area contributed by atoms with E-state index < -0.39 is 6.04 Å². The van der Waals surface area contributed by atoms with E-state index in [1.165, 1.54) is 7.05 Å². The van der Waals surface area contributed by atoms with Gasteiger partial charge < -0.3 is 10.6 Å². The molecule has 0 radical (unpaired) electrons. The highest BCUT2D eigenvalue weighted by molar-refractivity contribution is 6.18. The van der Waals surface area contributed by atoms with Gasteiger partial charge in [-0.25, -0.2) is 20.0 Å². The molecule has 0 bridgehead atoms. The normalized spacial score (nSPS) is 14.2. The van der Waals surface area contributed by atoms with Crippen LogP contribution in [0, 0.1) is 68.0 Å². The molecule has 0 saturated heterocycles. The molecule has 1 atom stereocenters. The molecule has 12 heteroatoms. The first-order chi connectivity index (χ1) is 15.1. The third-order valence-electron chi connectivity index (χ3n) is 4.19. The smallest absolute Gasteiger partial charge is 0.177 e. The van der Waals surface area contributed by atoms with Crippen LogP contribution < -0.4 is 10.6 Å². The Morgan fingerprint density at radius 3 is 2.23 bits per heavy atom. The van der Waals surface area contributed by atoms with Gasteiger partial charge in [0.2, 0.25) is 0 Å². The minimum atomic E-state index is -1.07. The number of nitrogens with zero attached hydrogens (tertiary/aromatic N) is 10. The molecule has 0 amide bonds. The molecule has 2 N–H and O–H groups in total. The van der Waals surface area contributed by atoms with Gasteiger partial charge in [-0.2, -0.15) is 31.6 Å². The highest BCUT2D eigenvalue weighted by Gasteiger charge is 2.30. The summed E-state index contributed by atoms with van der Waals surface area (Å²) in [7, 11) is 1.54. The van der Waals surface area contributed by atoms with Crippen molar-refractivity contribution >= 4 is 45.2 Å². The van der Waals surface area contributed by atoms with Crippen LogP contribution in [0.1, 0.15) is 17.8 Å². The molecular formula is C19H8N12. The van der Waals surface area contributed by atoms with Crippen molar-refractivity contribution in [3.63, 3.8) is 0 Å². The second kappa shape index (κ2) is 8.21. The molecule has 3 rings (SSSR count). The maximum Gasteiger partial charge on any atom is 0.177 e. The summed E-state index contributed by atoms with van der Waals surface area (Å²) in [5.74, 6) is 0. The van der Waals surface area contributed by atoms with E-state index in [1.807, 2.05) is 24.3 Å². The van der Waals surface area contributed by atoms with Gasteiger partial charge in [-0.1, -0.05) is 0 Å². The van der Waals surface area contributed by atoms with E-state index in [1.54, 1.807) is 12.1 Å². The SMILES string of the molecule is CNc1c2c(c3nc(C#N)c(C#N)nc3c1/N=C(/C#N)CC#N)NC(C#N)C(C#N)=N2. The second-order valence-electron chi connectivity index (χ2n) is 5.86. The van der Waals surface area contributed by atoms with Crippen molar-refractivity contribution in [2.45, 2.75) is 12.5 Å². The van der Waals surface area contributed by atoms with E-state index >= 15 is 0 Å². The van der Waals surface area contributed by atoms with Crippen LogP contribution in [0.25, 0.3) is 11.0 Å². The molecule has 144 valence electrons. The van der Waals surface area contributed by atoms with Crippen LogP contribution in [-0.4, -0.2) is 34.5 Å².